The monoisotopic (exact) mass is 187 g/mol. The minimum atomic E-state index is 0.0409. The van der Waals surface area contributed by atoms with E-state index in [4.69, 9.17) is 5.73 Å². The fourth-order valence-corrected chi connectivity index (χ4v) is 1.70. The van der Waals surface area contributed by atoms with Crippen LogP contribution in [0.25, 0.3) is 6.08 Å². The van der Waals surface area contributed by atoms with Gasteiger partial charge < -0.3 is 5.73 Å². The number of hydrogen-bond acceptors (Lipinski definition) is 1. The third-order valence-corrected chi connectivity index (χ3v) is 2.27. The molecule has 14 heavy (non-hydrogen) atoms. The minimum Gasteiger partial charge on any atom is -0.324 e. The van der Waals surface area contributed by atoms with E-state index in [1.807, 2.05) is 31.2 Å². The van der Waals surface area contributed by atoms with Crippen LogP contribution in [0, 0.1) is 0 Å². The van der Waals surface area contributed by atoms with Crippen molar-refractivity contribution >= 4 is 6.08 Å². The Bertz CT molecular complexity index is 337. The average molecular weight is 187 g/mol. The molecule has 0 aliphatic rings. The lowest BCUT2D eigenvalue weighted by atomic mass is 9.94. The Hall–Kier alpha value is -1.34. The molecule has 1 aromatic carbocycles. The molecule has 1 unspecified atom stereocenters. The zero-order valence-corrected chi connectivity index (χ0v) is 8.66. The van der Waals surface area contributed by atoms with Gasteiger partial charge in [0, 0.05) is 6.04 Å². The Morgan fingerprint density at radius 1 is 1.43 bits per heavy atom. The van der Waals surface area contributed by atoms with E-state index in [1.165, 1.54) is 11.1 Å². The van der Waals surface area contributed by atoms with Crippen LogP contribution < -0.4 is 5.73 Å². The summed E-state index contributed by atoms with van der Waals surface area (Å²) in [5.41, 5.74) is 9.49. The maximum atomic E-state index is 5.94. The van der Waals surface area contributed by atoms with Gasteiger partial charge in [-0.3, -0.25) is 0 Å². The van der Waals surface area contributed by atoms with E-state index in [-0.39, 0.29) is 6.04 Å². The Balaban J connectivity index is 3.27. The van der Waals surface area contributed by atoms with E-state index < -0.39 is 0 Å². The molecular weight excluding hydrogens is 170 g/mol. The van der Waals surface area contributed by atoms with Crippen molar-refractivity contribution in [3.63, 3.8) is 0 Å². The summed E-state index contributed by atoms with van der Waals surface area (Å²) < 4.78 is 0. The summed E-state index contributed by atoms with van der Waals surface area (Å²) in [5.74, 6) is 0. The Morgan fingerprint density at radius 3 is 2.64 bits per heavy atom. The number of nitrogens with two attached hydrogens (primary N) is 1. The van der Waals surface area contributed by atoms with Crippen molar-refractivity contribution in [3.05, 3.63) is 54.1 Å². The molecule has 0 aliphatic heterocycles. The van der Waals surface area contributed by atoms with E-state index in [2.05, 4.69) is 19.2 Å². The van der Waals surface area contributed by atoms with Gasteiger partial charge in [-0.25, -0.2) is 0 Å². The molecule has 0 saturated heterocycles. The van der Waals surface area contributed by atoms with Gasteiger partial charge in [0.25, 0.3) is 0 Å². The molecular formula is C13H17N. The standard InChI is InChI=1S/C13H17N/c1-4-7-12-9-6-8-11(5-2)13(12)10(3)14/h4-6,8-10H,1-2,7,14H2,3H3. The molecule has 0 amide bonds. The molecule has 1 atom stereocenters. The molecule has 1 nitrogen and oxygen atoms in total. The van der Waals surface area contributed by atoms with Crippen molar-refractivity contribution in [2.75, 3.05) is 0 Å². The first-order chi connectivity index (χ1) is 6.70. The molecule has 1 aromatic rings. The SMILES string of the molecule is C=CCc1cccc(C=C)c1C(C)N. The van der Waals surface area contributed by atoms with Gasteiger partial charge in [-0.2, -0.15) is 0 Å². The third kappa shape index (κ3) is 2.12. The van der Waals surface area contributed by atoms with Crippen LogP contribution in [-0.2, 0) is 6.42 Å². The number of rotatable bonds is 4. The first-order valence-corrected chi connectivity index (χ1v) is 4.81. The molecule has 0 aliphatic carbocycles. The molecule has 0 aromatic heterocycles. The highest BCUT2D eigenvalue weighted by Crippen LogP contribution is 2.22. The van der Waals surface area contributed by atoms with Gasteiger partial charge in [0.15, 0.2) is 0 Å². The van der Waals surface area contributed by atoms with Crippen LogP contribution in [0.15, 0.2) is 37.4 Å². The highest BCUT2D eigenvalue weighted by Gasteiger charge is 2.08. The first kappa shape index (κ1) is 10.7. The van der Waals surface area contributed by atoms with Crippen molar-refractivity contribution in [2.45, 2.75) is 19.4 Å². The van der Waals surface area contributed by atoms with E-state index in [1.54, 1.807) is 0 Å². The second kappa shape index (κ2) is 4.77. The van der Waals surface area contributed by atoms with Crippen molar-refractivity contribution in [3.8, 4) is 0 Å². The summed E-state index contributed by atoms with van der Waals surface area (Å²) >= 11 is 0. The van der Waals surface area contributed by atoms with Crippen LogP contribution in [-0.4, -0.2) is 0 Å². The van der Waals surface area contributed by atoms with Crippen molar-refractivity contribution < 1.29 is 0 Å². The third-order valence-electron chi connectivity index (χ3n) is 2.27. The van der Waals surface area contributed by atoms with Crippen molar-refractivity contribution in [1.29, 1.82) is 0 Å². The van der Waals surface area contributed by atoms with E-state index in [0.717, 1.165) is 12.0 Å². The second-order valence-electron chi connectivity index (χ2n) is 3.41. The molecule has 0 spiro atoms. The Kier molecular flexibility index (Phi) is 3.66. The molecule has 1 rings (SSSR count). The van der Waals surface area contributed by atoms with Gasteiger partial charge in [-0.1, -0.05) is 36.9 Å². The molecule has 0 fully saturated rings. The van der Waals surface area contributed by atoms with E-state index in [9.17, 15) is 0 Å². The van der Waals surface area contributed by atoms with Gasteiger partial charge in [0.1, 0.15) is 0 Å². The number of allylic oxidation sites excluding steroid dienone is 1. The van der Waals surface area contributed by atoms with Gasteiger partial charge >= 0.3 is 0 Å². The van der Waals surface area contributed by atoms with Crippen LogP contribution in [0.2, 0.25) is 0 Å². The molecule has 0 heterocycles. The van der Waals surface area contributed by atoms with Crippen LogP contribution in [0.3, 0.4) is 0 Å². The van der Waals surface area contributed by atoms with Gasteiger partial charge in [-0.05, 0) is 30.0 Å². The molecule has 0 bridgehead atoms. The largest absolute Gasteiger partial charge is 0.324 e. The zero-order chi connectivity index (χ0) is 10.6. The number of hydrogen-bond donors (Lipinski definition) is 1. The summed E-state index contributed by atoms with van der Waals surface area (Å²) in [6.07, 6.45) is 4.61. The Labute approximate surface area is 85.9 Å². The van der Waals surface area contributed by atoms with E-state index in [0.29, 0.717) is 0 Å². The maximum Gasteiger partial charge on any atom is 0.0274 e. The smallest absolute Gasteiger partial charge is 0.0274 e. The second-order valence-corrected chi connectivity index (χ2v) is 3.41. The van der Waals surface area contributed by atoms with E-state index >= 15 is 0 Å². The zero-order valence-electron chi connectivity index (χ0n) is 8.66. The predicted molar refractivity (Wildman–Crippen MR) is 63.0 cm³/mol. The summed E-state index contributed by atoms with van der Waals surface area (Å²) in [7, 11) is 0. The predicted octanol–water partition coefficient (Wildman–Crippen LogP) is 3.08. The topological polar surface area (TPSA) is 26.0 Å². The van der Waals surface area contributed by atoms with Crippen LogP contribution in [0.5, 0.6) is 0 Å². The molecule has 2 N–H and O–H groups in total. The summed E-state index contributed by atoms with van der Waals surface area (Å²) in [4.78, 5) is 0. The molecule has 0 radical (unpaired) electrons. The van der Waals surface area contributed by atoms with Crippen LogP contribution in [0.4, 0.5) is 0 Å². The first-order valence-electron chi connectivity index (χ1n) is 4.81. The van der Waals surface area contributed by atoms with Crippen LogP contribution >= 0.6 is 0 Å². The quantitative estimate of drug-likeness (QED) is 0.720. The molecule has 0 saturated carbocycles. The fourth-order valence-electron chi connectivity index (χ4n) is 1.70. The highest BCUT2D eigenvalue weighted by atomic mass is 14.6. The number of benzene rings is 1. The molecule has 1 heteroatoms. The van der Waals surface area contributed by atoms with Crippen molar-refractivity contribution in [2.24, 2.45) is 5.73 Å². The van der Waals surface area contributed by atoms with Gasteiger partial charge in [0.05, 0.1) is 0 Å². The summed E-state index contributed by atoms with van der Waals surface area (Å²) in [5, 5.41) is 0. The Morgan fingerprint density at radius 2 is 2.14 bits per heavy atom. The molecule has 74 valence electrons. The lowest BCUT2D eigenvalue weighted by Gasteiger charge is -2.14. The lowest BCUT2D eigenvalue weighted by molar-refractivity contribution is 0.803. The highest BCUT2D eigenvalue weighted by molar-refractivity contribution is 5.55. The summed E-state index contributed by atoms with van der Waals surface area (Å²) in [6, 6.07) is 6.20. The minimum absolute atomic E-state index is 0.0409. The van der Waals surface area contributed by atoms with Gasteiger partial charge in [0.2, 0.25) is 0 Å². The average Bonchev–Trinajstić information content (AvgIpc) is 2.17. The summed E-state index contributed by atoms with van der Waals surface area (Å²) in [6.45, 7) is 9.53. The fraction of sp³-hybridized carbons (Fsp3) is 0.231. The lowest BCUT2D eigenvalue weighted by Crippen LogP contribution is -2.10. The normalized spacial score (nSPS) is 12.1. The van der Waals surface area contributed by atoms with Crippen LogP contribution in [0.1, 0.15) is 29.7 Å². The maximum absolute atomic E-state index is 5.94. The van der Waals surface area contributed by atoms with Gasteiger partial charge in [-0.15, -0.1) is 6.58 Å². The van der Waals surface area contributed by atoms with Crippen molar-refractivity contribution in [1.82, 2.24) is 0 Å².